The fraction of sp³-hybridized carbons (Fsp3) is 0.250. The predicted octanol–water partition coefficient (Wildman–Crippen LogP) is 2.68. The average molecular weight is 204 g/mol. The van der Waals surface area contributed by atoms with E-state index in [0.29, 0.717) is 5.58 Å². The van der Waals surface area contributed by atoms with Gasteiger partial charge < -0.3 is 9.52 Å². The molecule has 2 rings (SSSR count). The molecule has 0 spiro atoms. The normalized spacial score (nSPS) is 10.8. The number of hydrogen-bond donors (Lipinski definition) is 1. The first kappa shape index (κ1) is 9.77. The van der Waals surface area contributed by atoms with E-state index < -0.39 is 5.97 Å². The molecule has 0 saturated carbocycles. The molecule has 0 saturated heterocycles. The molecule has 2 aromatic rings. The summed E-state index contributed by atoms with van der Waals surface area (Å²) in [5.41, 5.74) is 2.52. The monoisotopic (exact) mass is 204 g/mol. The summed E-state index contributed by atoms with van der Waals surface area (Å²) >= 11 is 0. The van der Waals surface area contributed by atoms with Gasteiger partial charge in [0.15, 0.2) is 0 Å². The summed E-state index contributed by atoms with van der Waals surface area (Å²) in [5, 5.41) is 9.77. The number of benzene rings is 1. The van der Waals surface area contributed by atoms with Gasteiger partial charge in [0.05, 0.1) is 6.42 Å². The third kappa shape index (κ3) is 1.61. The van der Waals surface area contributed by atoms with Crippen LogP contribution in [0.25, 0.3) is 11.0 Å². The summed E-state index contributed by atoms with van der Waals surface area (Å²) in [7, 11) is 0. The van der Waals surface area contributed by atoms with Gasteiger partial charge in [0.2, 0.25) is 0 Å². The number of carboxylic acids is 1. The molecule has 78 valence electrons. The quantitative estimate of drug-likeness (QED) is 0.818. The van der Waals surface area contributed by atoms with Gasteiger partial charge in [-0.05, 0) is 19.4 Å². The van der Waals surface area contributed by atoms with Crippen molar-refractivity contribution in [3.05, 3.63) is 35.1 Å². The number of hydrogen-bond acceptors (Lipinski definition) is 2. The topological polar surface area (TPSA) is 50.4 Å². The lowest BCUT2D eigenvalue weighted by Gasteiger charge is -1.97. The molecule has 0 radical (unpaired) electrons. The van der Waals surface area contributed by atoms with Crippen LogP contribution in [-0.4, -0.2) is 11.1 Å². The van der Waals surface area contributed by atoms with E-state index in [4.69, 9.17) is 9.52 Å². The van der Waals surface area contributed by atoms with Gasteiger partial charge in [-0.15, -0.1) is 0 Å². The third-order valence-electron chi connectivity index (χ3n) is 2.63. The zero-order valence-electron chi connectivity index (χ0n) is 8.70. The summed E-state index contributed by atoms with van der Waals surface area (Å²) in [6, 6.07) is 5.61. The van der Waals surface area contributed by atoms with Gasteiger partial charge in [-0.25, -0.2) is 0 Å². The van der Waals surface area contributed by atoms with Crippen molar-refractivity contribution < 1.29 is 14.3 Å². The Morgan fingerprint density at radius 3 is 2.80 bits per heavy atom. The van der Waals surface area contributed by atoms with E-state index in [1.54, 1.807) is 6.07 Å². The smallest absolute Gasteiger partial charge is 0.307 e. The van der Waals surface area contributed by atoms with Gasteiger partial charge in [-0.1, -0.05) is 18.2 Å². The Kier molecular flexibility index (Phi) is 2.23. The lowest BCUT2D eigenvalue weighted by Crippen LogP contribution is -1.99. The van der Waals surface area contributed by atoms with Gasteiger partial charge in [0, 0.05) is 10.9 Å². The Morgan fingerprint density at radius 2 is 2.13 bits per heavy atom. The molecule has 0 unspecified atom stereocenters. The van der Waals surface area contributed by atoms with Crippen LogP contribution in [0.2, 0.25) is 0 Å². The minimum absolute atomic E-state index is 0.00370. The van der Waals surface area contributed by atoms with Crippen LogP contribution in [-0.2, 0) is 11.2 Å². The molecule has 0 fully saturated rings. The minimum Gasteiger partial charge on any atom is -0.481 e. The summed E-state index contributed by atoms with van der Waals surface area (Å²) < 4.78 is 5.57. The van der Waals surface area contributed by atoms with Gasteiger partial charge in [-0.2, -0.15) is 0 Å². The molecule has 1 aromatic carbocycles. The van der Waals surface area contributed by atoms with Crippen LogP contribution in [0.5, 0.6) is 0 Å². The highest BCUT2D eigenvalue weighted by molar-refractivity contribution is 5.87. The predicted molar refractivity (Wildman–Crippen MR) is 57.0 cm³/mol. The van der Waals surface area contributed by atoms with Gasteiger partial charge in [0.1, 0.15) is 11.3 Å². The molecule has 15 heavy (non-hydrogen) atoms. The van der Waals surface area contributed by atoms with Crippen molar-refractivity contribution in [2.24, 2.45) is 0 Å². The van der Waals surface area contributed by atoms with E-state index in [0.717, 1.165) is 22.3 Å². The van der Waals surface area contributed by atoms with Gasteiger partial charge in [0.25, 0.3) is 0 Å². The second-order valence-corrected chi connectivity index (χ2v) is 3.65. The Balaban J connectivity index is 2.65. The lowest BCUT2D eigenvalue weighted by atomic mass is 10.1. The first-order chi connectivity index (χ1) is 7.09. The molecule has 0 bridgehead atoms. The van der Waals surface area contributed by atoms with Crippen molar-refractivity contribution in [3.8, 4) is 0 Å². The second-order valence-electron chi connectivity index (χ2n) is 3.65. The number of aliphatic carboxylic acids is 1. The van der Waals surface area contributed by atoms with E-state index >= 15 is 0 Å². The summed E-state index contributed by atoms with van der Waals surface area (Å²) in [4.78, 5) is 10.7. The average Bonchev–Trinajstić information content (AvgIpc) is 2.45. The fourth-order valence-corrected chi connectivity index (χ4v) is 1.72. The summed E-state index contributed by atoms with van der Waals surface area (Å²) in [6.07, 6.45) is 0.00370. The molecule has 0 aliphatic rings. The number of para-hydroxylation sites is 1. The maximum absolute atomic E-state index is 10.7. The zero-order valence-corrected chi connectivity index (χ0v) is 8.70. The Hall–Kier alpha value is -1.77. The molecule has 1 N–H and O–H groups in total. The van der Waals surface area contributed by atoms with E-state index in [1.165, 1.54) is 0 Å². The minimum atomic E-state index is -0.839. The van der Waals surface area contributed by atoms with Crippen molar-refractivity contribution in [1.82, 2.24) is 0 Å². The third-order valence-corrected chi connectivity index (χ3v) is 2.63. The number of rotatable bonds is 2. The van der Waals surface area contributed by atoms with E-state index in [9.17, 15) is 4.79 Å². The Labute approximate surface area is 87.3 Å². The van der Waals surface area contributed by atoms with Crippen LogP contribution in [0.3, 0.4) is 0 Å². The summed E-state index contributed by atoms with van der Waals surface area (Å²) in [6.45, 7) is 3.87. The molecule has 1 heterocycles. The number of aryl methyl sites for hydroxylation is 2. The number of fused-ring (bicyclic) bond motifs is 1. The molecular weight excluding hydrogens is 192 g/mol. The molecule has 0 atom stereocenters. The van der Waals surface area contributed by atoms with Gasteiger partial charge >= 0.3 is 5.97 Å². The first-order valence-corrected chi connectivity index (χ1v) is 4.79. The molecule has 0 aliphatic carbocycles. The van der Waals surface area contributed by atoms with Crippen LogP contribution in [0.15, 0.2) is 22.6 Å². The van der Waals surface area contributed by atoms with Crippen molar-refractivity contribution in [1.29, 1.82) is 0 Å². The van der Waals surface area contributed by atoms with Crippen molar-refractivity contribution in [2.75, 3.05) is 0 Å². The largest absolute Gasteiger partial charge is 0.481 e. The van der Waals surface area contributed by atoms with Crippen LogP contribution < -0.4 is 0 Å². The van der Waals surface area contributed by atoms with Crippen molar-refractivity contribution >= 4 is 16.9 Å². The number of carboxylic acid groups (broad SMARTS) is 1. The van der Waals surface area contributed by atoms with Crippen molar-refractivity contribution in [3.63, 3.8) is 0 Å². The summed E-state index contributed by atoms with van der Waals surface area (Å²) in [5.74, 6) is 0.0112. The molecular formula is C12H12O3. The highest BCUT2D eigenvalue weighted by Crippen LogP contribution is 2.27. The Bertz CT molecular complexity index is 523. The SMILES string of the molecule is Cc1oc2c(CC(=O)O)cccc2c1C. The number of furan rings is 1. The van der Waals surface area contributed by atoms with E-state index in [-0.39, 0.29) is 6.42 Å². The highest BCUT2D eigenvalue weighted by atomic mass is 16.4. The van der Waals surface area contributed by atoms with E-state index in [2.05, 4.69) is 0 Å². The fourth-order valence-electron chi connectivity index (χ4n) is 1.72. The number of carbonyl (C=O) groups is 1. The Morgan fingerprint density at radius 1 is 1.40 bits per heavy atom. The lowest BCUT2D eigenvalue weighted by molar-refractivity contribution is -0.136. The van der Waals surface area contributed by atoms with E-state index in [1.807, 2.05) is 26.0 Å². The molecule has 3 heteroatoms. The van der Waals surface area contributed by atoms with Gasteiger partial charge in [-0.3, -0.25) is 4.79 Å². The standard InChI is InChI=1S/C12H12O3/c1-7-8(2)15-12-9(6-11(13)14)4-3-5-10(7)12/h3-5H,6H2,1-2H3,(H,13,14). The maximum Gasteiger partial charge on any atom is 0.307 e. The maximum atomic E-state index is 10.7. The van der Waals surface area contributed by atoms with Crippen LogP contribution in [0, 0.1) is 13.8 Å². The van der Waals surface area contributed by atoms with Crippen LogP contribution >= 0.6 is 0 Å². The van der Waals surface area contributed by atoms with Crippen molar-refractivity contribution in [2.45, 2.75) is 20.3 Å². The molecule has 0 amide bonds. The zero-order chi connectivity index (χ0) is 11.0. The molecule has 3 nitrogen and oxygen atoms in total. The first-order valence-electron chi connectivity index (χ1n) is 4.79. The molecule has 1 aromatic heterocycles. The van der Waals surface area contributed by atoms with Crippen LogP contribution in [0.1, 0.15) is 16.9 Å². The van der Waals surface area contributed by atoms with Crippen LogP contribution in [0.4, 0.5) is 0 Å². The molecule has 0 aliphatic heterocycles. The highest BCUT2D eigenvalue weighted by Gasteiger charge is 2.12. The second kappa shape index (κ2) is 3.42.